The lowest BCUT2D eigenvalue weighted by molar-refractivity contribution is 0.102. The third-order valence-corrected chi connectivity index (χ3v) is 3.55. The number of hydrogen-bond acceptors (Lipinski definition) is 3. The highest BCUT2D eigenvalue weighted by Crippen LogP contribution is 2.19. The number of nitrogens with zero attached hydrogens (tertiary/aromatic N) is 1. The van der Waals surface area contributed by atoms with E-state index in [4.69, 9.17) is 0 Å². The van der Waals surface area contributed by atoms with Crippen molar-refractivity contribution in [2.24, 2.45) is 0 Å². The Hall–Kier alpha value is -3.14. The van der Waals surface area contributed by atoms with Gasteiger partial charge in [-0.2, -0.15) is 0 Å². The zero-order valence-electron chi connectivity index (χ0n) is 13.7. The Bertz CT molecular complexity index is 822. The molecule has 0 aliphatic rings. The number of aryl methyl sites for hydroxylation is 2. The van der Waals surface area contributed by atoms with Gasteiger partial charge in [0.1, 0.15) is 5.82 Å². The van der Waals surface area contributed by atoms with Crippen LogP contribution in [-0.4, -0.2) is 10.9 Å². The predicted octanol–water partition coefficient (Wildman–Crippen LogP) is 4.69. The Morgan fingerprint density at radius 3 is 2.21 bits per heavy atom. The average Bonchev–Trinajstić information content (AvgIpc) is 2.56. The van der Waals surface area contributed by atoms with Crippen LogP contribution in [0.4, 0.5) is 17.2 Å². The summed E-state index contributed by atoms with van der Waals surface area (Å²) in [6, 6.07) is 19.1. The molecule has 0 aliphatic heterocycles. The number of hydrogen-bond donors (Lipinski definition) is 2. The minimum Gasteiger partial charge on any atom is -0.340 e. The summed E-state index contributed by atoms with van der Waals surface area (Å²) in [6.45, 7) is 4.13. The molecule has 0 radical (unpaired) electrons. The molecular weight excluding hydrogens is 298 g/mol. The average molecular weight is 317 g/mol. The normalized spacial score (nSPS) is 10.2. The van der Waals surface area contributed by atoms with Crippen LogP contribution < -0.4 is 10.6 Å². The number of anilines is 3. The molecule has 0 aliphatic carbocycles. The first-order chi connectivity index (χ1) is 11.6. The molecule has 2 N–H and O–H groups in total. The second-order valence-corrected chi connectivity index (χ2v) is 5.75. The molecule has 0 spiro atoms. The molecule has 3 aromatic rings. The van der Waals surface area contributed by atoms with Crippen molar-refractivity contribution < 1.29 is 4.79 Å². The molecular formula is C20H19N3O. The zero-order chi connectivity index (χ0) is 16.9. The van der Waals surface area contributed by atoms with Crippen LogP contribution in [0.2, 0.25) is 0 Å². The highest BCUT2D eigenvalue weighted by molar-refractivity contribution is 6.04. The van der Waals surface area contributed by atoms with Crippen molar-refractivity contribution in [2.75, 3.05) is 10.6 Å². The third-order valence-electron chi connectivity index (χ3n) is 3.55. The second-order valence-electron chi connectivity index (χ2n) is 5.75. The molecule has 0 unspecified atom stereocenters. The van der Waals surface area contributed by atoms with Gasteiger partial charge in [0, 0.05) is 11.3 Å². The molecule has 3 rings (SSSR count). The largest absolute Gasteiger partial charge is 0.340 e. The lowest BCUT2D eigenvalue weighted by atomic mass is 10.1. The molecule has 1 heterocycles. The highest BCUT2D eigenvalue weighted by atomic mass is 16.1. The summed E-state index contributed by atoms with van der Waals surface area (Å²) in [4.78, 5) is 16.5. The van der Waals surface area contributed by atoms with Gasteiger partial charge in [-0.1, -0.05) is 24.3 Å². The molecule has 0 saturated carbocycles. The molecule has 0 fully saturated rings. The van der Waals surface area contributed by atoms with Crippen molar-refractivity contribution in [3.8, 4) is 0 Å². The van der Waals surface area contributed by atoms with E-state index < -0.39 is 0 Å². The Labute approximate surface area is 141 Å². The predicted molar refractivity (Wildman–Crippen MR) is 97.8 cm³/mol. The minimum absolute atomic E-state index is 0.146. The summed E-state index contributed by atoms with van der Waals surface area (Å²) in [5.41, 5.74) is 4.68. The number of carbonyl (C=O) groups is 1. The molecule has 120 valence electrons. The van der Waals surface area contributed by atoms with Crippen molar-refractivity contribution in [1.29, 1.82) is 0 Å². The van der Waals surface area contributed by atoms with E-state index in [0.717, 1.165) is 11.5 Å². The fraction of sp³-hybridized carbons (Fsp3) is 0.100. The van der Waals surface area contributed by atoms with Crippen molar-refractivity contribution in [2.45, 2.75) is 13.8 Å². The summed E-state index contributed by atoms with van der Waals surface area (Å²) in [7, 11) is 0. The van der Waals surface area contributed by atoms with E-state index in [2.05, 4.69) is 47.7 Å². The van der Waals surface area contributed by atoms with Crippen molar-refractivity contribution in [3.05, 3.63) is 83.6 Å². The van der Waals surface area contributed by atoms with Gasteiger partial charge < -0.3 is 10.6 Å². The van der Waals surface area contributed by atoms with Gasteiger partial charge in [0.15, 0.2) is 0 Å². The number of carbonyl (C=O) groups excluding carboxylic acids is 1. The molecule has 1 amide bonds. The van der Waals surface area contributed by atoms with Crippen molar-refractivity contribution in [1.82, 2.24) is 4.98 Å². The highest BCUT2D eigenvalue weighted by Gasteiger charge is 2.05. The van der Waals surface area contributed by atoms with E-state index >= 15 is 0 Å². The van der Waals surface area contributed by atoms with E-state index in [1.165, 1.54) is 11.1 Å². The molecule has 0 atom stereocenters. The molecule has 4 nitrogen and oxygen atoms in total. The van der Waals surface area contributed by atoms with Gasteiger partial charge in [0.05, 0.1) is 11.9 Å². The fourth-order valence-corrected chi connectivity index (χ4v) is 2.53. The maximum absolute atomic E-state index is 12.1. The van der Waals surface area contributed by atoms with Crippen molar-refractivity contribution >= 4 is 23.1 Å². The monoisotopic (exact) mass is 317 g/mol. The maximum Gasteiger partial charge on any atom is 0.255 e. The zero-order valence-corrected chi connectivity index (χ0v) is 13.7. The van der Waals surface area contributed by atoms with Crippen LogP contribution in [0.15, 0.2) is 66.9 Å². The van der Waals surface area contributed by atoms with Gasteiger partial charge >= 0.3 is 0 Å². The minimum atomic E-state index is -0.146. The third kappa shape index (κ3) is 3.98. The van der Waals surface area contributed by atoms with Crippen LogP contribution in [0, 0.1) is 13.8 Å². The quantitative estimate of drug-likeness (QED) is 0.733. The second kappa shape index (κ2) is 6.96. The number of rotatable bonds is 4. The lowest BCUT2D eigenvalue weighted by Crippen LogP contribution is -2.11. The van der Waals surface area contributed by atoms with E-state index in [1.807, 2.05) is 30.3 Å². The van der Waals surface area contributed by atoms with E-state index in [1.54, 1.807) is 18.3 Å². The molecule has 0 saturated heterocycles. The summed E-state index contributed by atoms with van der Waals surface area (Å²) in [6.07, 6.45) is 1.64. The van der Waals surface area contributed by atoms with Gasteiger partial charge in [0.2, 0.25) is 0 Å². The van der Waals surface area contributed by atoms with E-state index in [9.17, 15) is 4.79 Å². The Morgan fingerprint density at radius 2 is 1.58 bits per heavy atom. The first kappa shape index (κ1) is 15.7. The Kier molecular flexibility index (Phi) is 4.57. The topological polar surface area (TPSA) is 54.0 Å². The summed E-state index contributed by atoms with van der Waals surface area (Å²) in [5.74, 6) is 0.588. The summed E-state index contributed by atoms with van der Waals surface area (Å²) in [5, 5.41) is 6.11. The molecule has 0 bridgehead atoms. The van der Waals surface area contributed by atoms with Gasteiger partial charge in [-0.3, -0.25) is 4.79 Å². The molecule has 2 aromatic carbocycles. The van der Waals surface area contributed by atoms with Gasteiger partial charge in [-0.15, -0.1) is 0 Å². The molecule has 24 heavy (non-hydrogen) atoms. The van der Waals surface area contributed by atoms with Crippen LogP contribution in [0.1, 0.15) is 21.5 Å². The number of nitrogens with one attached hydrogen (secondary N) is 2. The van der Waals surface area contributed by atoms with Crippen LogP contribution in [0.25, 0.3) is 0 Å². The maximum atomic E-state index is 12.1. The number of amides is 1. The number of aromatic nitrogens is 1. The summed E-state index contributed by atoms with van der Waals surface area (Å²) >= 11 is 0. The number of pyridine rings is 1. The van der Waals surface area contributed by atoms with Gasteiger partial charge in [-0.05, 0) is 61.4 Å². The molecule has 4 heteroatoms. The Morgan fingerprint density at radius 1 is 0.875 bits per heavy atom. The standard InChI is InChI=1S/C20H19N3O/c1-14-10-15(2)12-18(11-14)22-19-9-8-17(13-21-19)23-20(24)16-6-4-3-5-7-16/h3-13H,1-2H3,(H,21,22)(H,23,24). The fourth-order valence-electron chi connectivity index (χ4n) is 2.53. The summed E-state index contributed by atoms with van der Waals surface area (Å²) < 4.78 is 0. The lowest BCUT2D eigenvalue weighted by Gasteiger charge is -2.09. The van der Waals surface area contributed by atoms with E-state index in [0.29, 0.717) is 11.3 Å². The van der Waals surface area contributed by atoms with Gasteiger partial charge in [-0.25, -0.2) is 4.98 Å². The van der Waals surface area contributed by atoms with Crippen LogP contribution >= 0.6 is 0 Å². The van der Waals surface area contributed by atoms with Crippen molar-refractivity contribution in [3.63, 3.8) is 0 Å². The first-order valence-electron chi connectivity index (χ1n) is 7.78. The van der Waals surface area contributed by atoms with Crippen LogP contribution in [0.3, 0.4) is 0 Å². The SMILES string of the molecule is Cc1cc(C)cc(Nc2ccc(NC(=O)c3ccccc3)cn2)c1. The Balaban J connectivity index is 1.68. The molecule has 1 aromatic heterocycles. The number of benzene rings is 2. The van der Waals surface area contributed by atoms with E-state index in [-0.39, 0.29) is 5.91 Å². The van der Waals surface area contributed by atoms with Crippen LogP contribution in [0.5, 0.6) is 0 Å². The first-order valence-corrected chi connectivity index (χ1v) is 7.78. The van der Waals surface area contributed by atoms with Crippen LogP contribution in [-0.2, 0) is 0 Å². The van der Waals surface area contributed by atoms with Gasteiger partial charge in [0.25, 0.3) is 5.91 Å². The smallest absolute Gasteiger partial charge is 0.255 e.